The highest BCUT2D eigenvalue weighted by molar-refractivity contribution is 4.76. The van der Waals surface area contributed by atoms with Gasteiger partial charge < -0.3 is 4.74 Å². The number of ether oxygens (including phenoxy) is 1. The van der Waals surface area contributed by atoms with E-state index in [1.54, 1.807) is 0 Å². The number of hydrogen-bond acceptors (Lipinski definition) is 1. The van der Waals surface area contributed by atoms with E-state index in [-0.39, 0.29) is 0 Å². The molecule has 0 aliphatic carbocycles. The Kier molecular flexibility index (Phi) is 1.21. The molecule has 2 heterocycles. The zero-order valence-electron chi connectivity index (χ0n) is 6.73. The van der Waals surface area contributed by atoms with Gasteiger partial charge in [0.05, 0.1) is 13.6 Å². The molecule has 0 amide bonds. The van der Waals surface area contributed by atoms with Crippen LogP contribution in [0.1, 0.15) is 39.9 Å². The van der Waals surface area contributed by atoms with Gasteiger partial charge in [-0.3, -0.25) is 0 Å². The molecular formula is C8H14O. The molecule has 2 aliphatic heterocycles. The fourth-order valence-corrected chi connectivity index (χ4v) is 1.79. The van der Waals surface area contributed by atoms with E-state index < -0.39 is 6.08 Å². The lowest BCUT2D eigenvalue weighted by Gasteiger charge is -2.34. The highest BCUT2D eigenvalue weighted by Gasteiger charge is 2.25. The monoisotopic (exact) mass is 127 g/mol. The van der Waals surface area contributed by atoms with Gasteiger partial charge in [-0.15, -0.1) is 0 Å². The fraction of sp³-hybridized carbons (Fsp3) is 1.00. The van der Waals surface area contributed by atoms with E-state index in [0.29, 0.717) is 6.10 Å². The van der Waals surface area contributed by atoms with E-state index in [1.807, 2.05) is 0 Å². The fourth-order valence-electron chi connectivity index (χ4n) is 1.79. The van der Waals surface area contributed by atoms with Gasteiger partial charge in [0, 0.05) is 0 Å². The van der Waals surface area contributed by atoms with E-state index in [4.69, 9.17) is 6.11 Å². The summed E-state index contributed by atoms with van der Waals surface area (Å²) in [6, 6.07) is 0. The second-order valence-electron chi connectivity index (χ2n) is 3.06. The third kappa shape index (κ3) is 1.11. The predicted molar refractivity (Wildman–Crippen MR) is 36.4 cm³/mol. The van der Waals surface area contributed by atoms with Gasteiger partial charge in [-0.05, 0) is 38.5 Å². The highest BCUT2D eigenvalue weighted by atomic mass is 16.5. The lowest BCUT2D eigenvalue weighted by Crippen LogP contribution is -2.31. The van der Waals surface area contributed by atoms with Crippen molar-refractivity contribution in [3.05, 3.63) is 0 Å². The van der Waals surface area contributed by atoms with Crippen LogP contribution in [0.15, 0.2) is 0 Å². The second-order valence-corrected chi connectivity index (χ2v) is 3.06. The molecule has 9 heavy (non-hydrogen) atoms. The van der Waals surface area contributed by atoms with Gasteiger partial charge in [-0.1, -0.05) is 0 Å². The van der Waals surface area contributed by atoms with Gasteiger partial charge in [-0.25, -0.2) is 0 Å². The minimum absolute atomic E-state index is 0.431. The van der Waals surface area contributed by atoms with Crippen LogP contribution < -0.4 is 0 Å². The van der Waals surface area contributed by atoms with E-state index >= 15 is 0 Å². The number of hydrogen-bond donors (Lipinski definition) is 0. The van der Waals surface area contributed by atoms with Crippen LogP contribution in [-0.4, -0.2) is 12.2 Å². The standard InChI is InChI=1S/C8H14O/c1-3-7-5-2-6-8(4-1)9-7/h7-8H,1-6H2/i7D. The van der Waals surface area contributed by atoms with E-state index in [9.17, 15) is 0 Å². The Morgan fingerprint density at radius 1 is 1.11 bits per heavy atom. The van der Waals surface area contributed by atoms with Crippen LogP contribution in [0.25, 0.3) is 0 Å². The molecule has 1 heteroatoms. The molecule has 2 bridgehead atoms. The Labute approximate surface area is 57.8 Å². The molecule has 52 valence electrons. The van der Waals surface area contributed by atoms with Gasteiger partial charge in [-0.2, -0.15) is 0 Å². The highest BCUT2D eigenvalue weighted by Crippen LogP contribution is 2.30. The topological polar surface area (TPSA) is 9.23 Å². The summed E-state index contributed by atoms with van der Waals surface area (Å²) in [6.45, 7) is 0. The molecule has 2 aliphatic rings. The van der Waals surface area contributed by atoms with Crippen LogP contribution >= 0.6 is 0 Å². The second kappa shape index (κ2) is 2.30. The van der Waals surface area contributed by atoms with Crippen molar-refractivity contribution in [3.63, 3.8) is 0 Å². The van der Waals surface area contributed by atoms with Crippen LogP contribution in [0.2, 0.25) is 0 Å². The van der Waals surface area contributed by atoms with Crippen molar-refractivity contribution >= 4 is 0 Å². The Morgan fingerprint density at radius 2 is 1.78 bits per heavy atom. The largest absolute Gasteiger partial charge is 0.375 e. The third-order valence-electron chi connectivity index (χ3n) is 2.30. The van der Waals surface area contributed by atoms with Crippen molar-refractivity contribution in [2.75, 3.05) is 0 Å². The number of rotatable bonds is 0. The van der Waals surface area contributed by atoms with Gasteiger partial charge in [0.2, 0.25) is 0 Å². The molecule has 1 nitrogen and oxygen atoms in total. The molecule has 2 rings (SSSR count). The molecule has 0 atom stereocenters. The Morgan fingerprint density at radius 3 is 2.22 bits per heavy atom. The lowest BCUT2D eigenvalue weighted by molar-refractivity contribution is -0.0823. The van der Waals surface area contributed by atoms with Crippen molar-refractivity contribution in [1.29, 1.82) is 0 Å². The van der Waals surface area contributed by atoms with Crippen molar-refractivity contribution < 1.29 is 6.11 Å². The predicted octanol–water partition coefficient (Wildman–Crippen LogP) is 2.11. The maximum absolute atomic E-state index is 7.83. The molecule has 2 saturated heterocycles. The molecular weight excluding hydrogens is 112 g/mol. The smallest absolute Gasteiger partial charge is 0.0603 e. The minimum atomic E-state index is -0.471. The summed E-state index contributed by atoms with van der Waals surface area (Å²) in [5.41, 5.74) is 0. The molecule has 0 aromatic heterocycles. The first kappa shape index (κ1) is 4.73. The molecule has 0 N–H and O–H groups in total. The summed E-state index contributed by atoms with van der Waals surface area (Å²) in [6.07, 6.45) is 6.68. The van der Waals surface area contributed by atoms with Crippen LogP contribution in [0, 0.1) is 0 Å². The molecule has 0 spiro atoms. The van der Waals surface area contributed by atoms with E-state index in [2.05, 4.69) is 0 Å². The maximum Gasteiger partial charge on any atom is 0.0603 e. The maximum atomic E-state index is 7.83. The van der Waals surface area contributed by atoms with Crippen LogP contribution in [-0.2, 0) is 4.74 Å². The van der Waals surface area contributed by atoms with Crippen molar-refractivity contribution in [3.8, 4) is 0 Å². The van der Waals surface area contributed by atoms with Gasteiger partial charge >= 0.3 is 0 Å². The average Bonchev–Trinajstić information content (AvgIpc) is 1.86. The minimum Gasteiger partial charge on any atom is -0.375 e. The quantitative estimate of drug-likeness (QED) is 0.484. The molecule has 0 saturated carbocycles. The molecule has 0 radical (unpaired) electrons. The van der Waals surface area contributed by atoms with Gasteiger partial charge in [0.25, 0.3) is 0 Å². The Balaban J connectivity index is 2.07. The molecule has 2 fully saturated rings. The first-order chi connectivity index (χ1) is 4.79. The van der Waals surface area contributed by atoms with Gasteiger partial charge in [0.1, 0.15) is 0 Å². The molecule has 0 unspecified atom stereocenters. The van der Waals surface area contributed by atoms with Gasteiger partial charge in [0.15, 0.2) is 0 Å². The summed E-state index contributed by atoms with van der Waals surface area (Å²) in [5, 5.41) is 0. The lowest BCUT2D eigenvalue weighted by atomic mass is 9.92. The SMILES string of the molecule is [2H]C12CCCC(CCC1)O2. The van der Waals surface area contributed by atoms with Crippen LogP contribution in [0.4, 0.5) is 0 Å². The average molecular weight is 127 g/mol. The van der Waals surface area contributed by atoms with E-state index in [0.717, 1.165) is 12.8 Å². The van der Waals surface area contributed by atoms with Crippen molar-refractivity contribution in [2.24, 2.45) is 0 Å². The summed E-state index contributed by atoms with van der Waals surface area (Å²) in [7, 11) is 0. The van der Waals surface area contributed by atoms with Crippen LogP contribution in [0.3, 0.4) is 0 Å². The normalized spacial score (nSPS) is 52.4. The Hall–Kier alpha value is -0.0400. The zero-order valence-corrected chi connectivity index (χ0v) is 5.73. The summed E-state index contributed by atoms with van der Waals surface area (Å²) in [5.74, 6) is 0. The first-order valence-electron chi connectivity index (χ1n) is 4.46. The summed E-state index contributed by atoms with van der Waals surface area (Å²) >= 11 is 0. The third-order valence-corrected chi connectivity index (χ3v) is 2.30. The zero-order chi connectivity index (χ0) is 7.03. The molecule has 0 aromatic rings. The number of fused-ring (bicyclic) bond motifs is 2. The van der Waals surface area contributed by atoms with Crippen LogP contribution in [0.5, 0.6) is 0 Å². The van der Waals surface area contributed by atoms with E-state index in [1.165, 1.54) is 25.7 Å². The first-order valence-corrected chi connectivity index (χ1v) is 3.96. The van der Waals surface area contributed by atoms with Crippen molar-refractivity contribution in [2.45, 2.75) is 50.7 Å². The van der Waals surface area contributed by atoms with Crippen molar-refractivity contribution in [1.82, 2.24) is 0 Å². The summed E-state index contributed by atoms with van der Waals surface area (Å²) in [4.78, 5) is 0. The Bertz CT molecular complexity index is 125. The summed E-state index contributed by atoms with van der Waals surface area (Å²) < 4.78 is 13.4. The molecule has 0 aromatic carbocycles.